The Kier molecular flexibility index (Phi) is 5.12. The van der Waals surface area contributed by atoms with E-state index in [0.29, 0.717) is 0 Å². The second-order valence-corrected chi connectivity index (χ2v) is 4.54. The van der Waals surface area contributed by atoms with E-state index in [2.05, 4.69) is 22.9 Å². The van der Waals surface area contributed by atoms with Gasteiger partial charge in [-0.1, -0.05) is 29.3 Å². The molecule has 84 valence electrons. The highest BCUT2D eigenvalue weighted by Gasteiger charge is 2.07. The minimum absolute atomic E-state index is 0.00756. The summed E-state index contributed by atoms with van der Waals surface area (Å²) in [5, 5.41) is 9.18. The minimum atomic E-state index is 0.00756. The number of halogens is 1. The second kappa shape index (κ2) is 6.13. The third kappa shape index (κ3) is 3.84. The van der Waals surface area contributed by atoms with Crippen LogP contribution in [0.2, 0.25) is 0 Å². The highest BCUT2D eigenvalue weighted by atomic mass is 79.9. The lowest BCUT2D eigenvalue weighted by molar-refractivity contribution is 0.199. The van der Waals surface area contributed by atoms with Crippen LogP contribution < -0.4 is 4.74 Å². The zero-order valence-corrected chi connectivity index (χ0v) is 10.8. The van der Waals surface area contributed by atoms with Crippen molar-refractivity contribution in [1.29, 1.82) is 0 Å². The molecule has 15 heavy (non-hydrogen) atoms. The quantitative estimate of drug-likeness (QED) is 0.889. The predicted molar refractivity (Wildman–Crippen MR) is 65.1 cm³/mol. The minimum Gasteiger partial charge on any atom is -0.490 e. The van der Waals surface area contributed by atoms with Gasteiger partial charge in [-0.25, -0.2) is 0 Å². The van der Waals surface area contributed by atoms with Gasteiger partial charge in [0, 0.05) is 10.0 Å². The van der Waals surface area contributed by atoms with E-state index >= 15 is 0 Å². The van der Waals surface area contributed by atoms with Crippen molar-refractivity contribution in [3.63, 3.8) is 0 Å². The first kappa shape index (κ1) is 12.5. The molecule has 0 aromatic heterocycles. The molecule has 0 aliphatic heterocycles. The smallest absolute Gasteiger partial charge is 0.125 e. The summed E-state index contributed by atoms with van der Waals surface area (Å²) < 4.78 is 6.71. The third-order valence-electron chi connectivity index (χ3n) is 2.22. The Morgan fingerprint density at radius 1 is 1.47 bits per heavy atom. The fraction of sp³-hybridized carbons (Fsp3) is 0.500. The van der Waals surface area contributed by atoms with Crippen molar-refractivity contribution < 1.29 is 9.84 Å². The molecular weight excluding hydrogens is 256 g/mol. The standard InChI is InChI=1S/C12H17BrO2/c1-3-4-9(2)15-12-6-5-11(13)7-10(12)8-14/h5-7,9,14H,3-4,8H2,1-2H3. The van der Waals surface area contributed by atoms with Crippen molar-refractivity contribution in [3.05, 3.63) is 28.2 Å². The van der Waals surface area contributed by atoms with Gasteiger partial charge in [0.2, 0.25) is 0 Å². The summed E-state index contributed by atoms with van der Waals surface area (Å²) in [5.74, 6) is 0.779. The lowest BCUT2D eigenvalue weighted by Gasteiger charge is -2.16. The van der Waals surface area contributed by atoms with Crippen LogP contribution >= 0.6 is 15.9 Å². The Labute approximate surface area is 99.4 Å². The normalized spacial score (nSPS) is 12.5. The number of hydrogen-bond donors (Lipinski definition) is 1. The van der Waals surface area contributed by atoms with Crippen molar-refractivity contribution in [3.8, 4) is 5.75 Å². The highest BCUT2D eigenvalue weighted by Crippen LogP contribution is 2.24. The molecule has 0 aliphatic carbocycles. The summed E-state index contributed by atoms with van der Waals surface area (Å²) in [6.45, 7) is 4.19. The molecule has 1 unspecified atom stereocenters. The Morgan fingerprint density at radius 2 is 2.20 bits per heavy atom. The van der Waals surface area contributed by atoms with Gasteiger partial charge in [0.25, 0.3) is 0 Å². The van der Waals surface area contributed by atoms with E-state index in [-0.39, 0.29) is 12.7 Å². The molecule has 2 nitrogen and oxygen atoms in total. The molecule has 0 saturated heterocycles. The average molecular weight is 273 g/mol. The molecule has 1 rings (SSSR count). The molecule has 0 spiro atoms. The Morgan fingerprint density at radius 3 is 2.80 bits per heavy atom. The Balaban J connectivity index is 2.75. The summed E-state index contributed by atoms with van der Waals surface area (Å²) in [6.07, 6.45) is 2.33. The molecule has 0 fully saturated rings. The molecular formula is C12H17BrO2. The molecule has 1 aromatic rings. The molecule has 1 atom stereocenters. The maximum atomic E-state index is 9.18. The fourth-order valence-electron chi connectivity index (χ4n) is 1.47. The van der Waals surface area contributed by atoms with Crippen LogP contribution in [0.1, 0.15) is 32.3 Å². The van der Waals surface area contributed by atoms with Crippen molar-refractivity contribution in [2.75, 3.05) is 0 Å². The first-order valence-corrected chi connectivity index (χ1v) is 6.02. The number of aliphatic hydroxyl groups excluding tert-OH is 1. The van der Waals surface area contributed by atoms with E-state index < -0.39 is 0 Å². The second-order valence-electron chi connectivity index (χ2n) is 3.63. The van der Waals surface area contributed by atoms with Gasteiger partial charge in [0.05, 0.1) is 12.7 Å². The summed E-state index contributed by atoms with van der Waals surface area (Å²) in [5.41, 5.74) is 0.826. The molecule has 0 amide bonds. The largest absolute Gasteiger partial charge is 0.490 e. The van der Waals surface area contributed by atoms with E-state index in [1.165, 1.54) is 0 Å². The lowest BCUT2D eigenvalue weighted by Crippen LogP contribution is -2.12. The first-order chi connectivity index (χ1) is 7.17. The van der Waals surface area contributed by atoms with Crippen molar-refractivity contribution >= 4 is 15.9 Å². The van der Waals surface area contributed by atoms with Crippen LogP contribution in [0.3, 0.4) is 0 Å². The first-order valence-electron chi connectivity index (χ1n) is 5.23. The van der Waals surface area contributed by atoms with Gasteiger partial charge in [0.1, 0.15) is 5.75 Å². The van der Waals surface area contributed by atoms with Crippen LogP contribution in [0.5, 0.6) is 5.75 Å². The Hall–Kier alpha value is -0.540. The molecule has 1 aromatic carbocycles. The van der Waals surface area contributed by atoms with Crippen molar-refractivity contribution in [2.45, 2.75) is 39.4 Å². The molecule has 0 radical (unpaired) electrons. The van der Waals surface area contributed by atoms with Crippen LogP contribution in [0.15, 0.2) is 22.7 Å². The molecule has 3 heteroatoms. The van der Waals surface area contributed by atoms with Gasteiger partial charge >= 0.3 is 0 Å². The Bertz CT molecular complexity index is 312. The third-order valence-corrected chi connectivity index (χ3v) is 2.71. The van der Waals surface area contributed by atoms with Crippen molar-refractivity contribution in [1.82, 2.24) is 0 Å². The molecule has 0 saturated carbocycles. The van der Waals surface area contributed by atoms with Crippen LogP contribution in [-0.4, -0.2) is 11.2 Å². The van der Waals surface area contributed by atoms with E-state index in [4.69, 9.17) is 4.74 Å². The lowest BCUT2D eigenvalue weighted by atomic mass is 10.2. The van der Waals surface area contributed by atoms with E-state index in [0.717, 1.165) is 28.6 Å². The number of rotatable bonds is 5. The number of ether oxygens (including phenoxy) is 1. The summed E-state index contributed by atoms with van der Waals surface area (Å²) in [6, 6.07) is 5.70. The van der Waals surface area contributed by atoms with E-state index in [1.807, 2.05) is 25.1 Å². The maximum absolute atomic E-state index is 9.18. The number of aliphatic hydroxyl groups is 1. The highest BCUT2D eigenvalue weighted by molar-refractivity contribution is 9.10. The van der Waals surface area contributed by atoms with Crippen LogP contribution in [0.25, 0.3) is 0 Å². The summed E-state index contributed by atoms with van der Waals surface area (Å²) in [4.78, 5) is 0. The van der Waals surface area contributed by atoms with Gasteiger partial charge in [-0.05, 0) is 31.5 Å². The van der Waals surface area contributed by atoms with Gasteiger partial charge < -0.3 is 9.84 Å². The van der Waals surface area contributed by atoms with Crippen molar-refractivity contribution in [2.24, 2.45) is 0 Å². The fourth-order valence-corrected chi connectivity index (χ4v) is 1.88. The van der Waals surface area contributed by atoms with Gasteiger partial charge in [-0.2, -0.15) is 0 Å². The SMILES string of the molecule is CCCC(C)Oc1ccc(Br)cc1CO. The van der Waals surface area contributed by atoms with Crippen LogP contribution in [-0.2, 0) is 6.61 Å². The van der Waals surface area contributed by atoms with E-state index in [1.54, 1.807) is 0 Å². The van der Waals surface area contributed by atoms with Crippen LogP contribution in [0, 0.1) is 0 Å². The molecule has 0 bridgehead atoms. The molecule has 1 N–H and O–H groups in total. The number of hydrogen-bond acceptors (Lipinski definition) is 2. The zero-order chi connectivity index (χ0) is 11.3. The van der Waals surface area contributed by atoms with Gasteiger partial charge in [-0.15, -0.1) is 0 Å². The average Bonchev–Trinajstić information content (AvgIpc) is 2.21. The van der Waals surface area contributed by atoms with Gasteiger partial charge in [0.15, 0.2) is 0 Å². The van der Waals surface area contributed by atoms with Crippen LogP contribution in [0.4, 0.5) is 0 Å². The predicted octanol–water partition coefficient (Wildman–Crippen LogP) is 3.51. The topological polar surface area (TPSA) is 29.5 Å². The molecule has 0 heterocycles. The summed E-state index contributed by atoms with van der Waals surface area (Å²) >= 11 is 3.37. The number of benzene rings is 1. The molecule has 0 aliphatic rings. The summed E-state index contributed by atoms with van der Waals surface area (Å²) in [7, 11) is 0. The zero-order valence-electron chi connectivity index (χ0n) is 9.16. The van der Waals surface area contributed by atoms with E-state index in [9.17, 15) is 5.11 Å². The monoisotopic (exact) mass is 272 g/mol. The van der Waals surface area contributed by atoms with Gasteiger partial charge in [-0.3, -0.25) is 0 Å². The maximum Gasteiger partial charge on any atom is 0.125 e.